The predicted molar refractivity (Wildman–Crippen MR) is 86.8 cm³/mol. The van der Waals surface area contributed by atoms with Crippen molar-refractivity contribution in [1.29, 1.82) is 0 Å². The van der Waals surface area contributed by atoms with Crippen LogP contribution >= 0.6 is 0 Å². The highest BCUT2D eigenvalue weighted by Gasteiger charge is 2.37. The van der Waals surface area contributed by atoms with Crippen molar-refractivity contribution >= 4 is 6.09 Å². The summed E-state index contributed by atoms with van der Waals surface area (Å²) in [6, 6.07) is 0.704. The smallest absolute Gasteiger partial charge is 0.410 e. The molecule has 0 aromatic heterocycles. The number of nitrogens with zero attached hydrogens (tertiary/aromatic N) is 1. The molecule has 5 heteroatoms. The number of carbonyl (C=O) groups is 1. The predicted octanol–water partition coefficient (Wildman–Crippen LogP) is 2.53. The molecule has 0 unspecified atom stereocenters. The van der Waals surface area contributed by atoms with Crippen LogP contribution in [0.3, 0.4) is 0 Å². The number of piperidine rings is 1. The van der Waals surface area contributed by atoms with Crippen molar-refractivity contribution in [1.82, 2.24) is 10.2 Å². The largest absolute Gasteiger partial charge is 0.444 e. The molecule has 1 saturated carbocycles. The average Bonchev–Trinajstić information content (AvgIpc) is 3.26. The third kappa shape index (κ3) is 5.43. The Balaban J connectivity index is 1.85. The molecule has 0 aromatic rings. The molecule has 0 aromatic carbocycles. The van der Waals surface area contributed by atoms with Gasteiger partial charge in [-0.2, -0.15) is 0 Å². The number of hydrogen-bond donors (Lipinski definition) is 2. The van der Waals surface area contributed by atoms with Gasteiger partial charge in [0.1, 0.15) is 5.60 Å². The number of nitrogens with one attached hydrogen (secondary N) is 1. The summed E-state index contributed by atoms with van der Waals surface area (Å²) >= 11 is 0. The van der Waals surface area contributed by atoms with Gasteiger partial charge in [-0.15, -0.1) is 0 Å². The number of ether oxygens (including phenoxy) is 1. The quantitative estimate of drug-likeness (QED) is 0.791. The lowest BCUT2D eigenvalue weighted by atomic mass is 9.74. The number of likely N-dealkylation sites (tertiary alicyclic amines) is 1. The van der Waals surface area contributed by atoms with Crippen LogP contribution in [0.25, 0.3) is 0 Å². The Morgan fingerprint density at radius 1 is 1.32 bits per heavy atom. The molecule has 2 aliphatic rings. The highest BCUT2D eigenvalue weighted by atomic mass is 16.6. The van der Waals surface area contributed by atoms with Crippen LogP contribution in [0.4, 0.5) is 4.79 Å². The zero-order valence-corrected chi connectivity index (χ0v) is 14.4. The Labute approximate surface area is 134 Å². The molecular formula is C17H32N2O3. The number of hydrogen-bond acceptors (Lipinski definition) is 4. The lowest BCUT2D eigenvalue weighted by Crippen LogP contribution is -2.48. The van der Waals surface area contributed by atoms with E-state index < -0.39 is 5.60 Å². The summed E-state index contributed by atoms with van der Waals surface area (Å²) in [4.78, 5) is 14.0. The van der Waals surface area contributed by atoms with Gasteiger partial charge in [-0.3, -0.25) is 0 Å². The first-order valence-electron chi connectivity index (χ1n) is 8.66. The second-order valence-electron chi connectivity index (χ2n) is 7.95. The van der Waals surface area contributed by atoms with Gasteiger partial charge in [-0.1, -0.05) is 0 Å². The van der Waals surface area contributed by atoms with E-state index in [1.807, 2.05) is 25.7 Å². The van der Waals surface area contributed by atoms with Gasteiger partial charge < -0.3 is 20.1 Å². The van der Waals surface area contributed by atoms with Gasteiger partial charge in [0.15, 0.2) is 0 Å². The van der Waals surface area contributed by atoms with E-state index in [4.69, 9.17) is 9.84 Å². The van der Waals surface area contributed by atoms with E-state index in [2.05, 4.69) is 5.32 Å². The van der Waals surface area contributed by atoms with Crippen molar-refractivity contribution in [3.8, 4) is 0 Å². The molecule has 1 aliphatic heterocycles. The second-order valence-corrected chi connectivity index (χ2v) is 7.95. The summed E-state index contributed by atoms with van der Waals surface area (Å²) in [7, 11) is 0. The van der Waals surface area contributed by atoms with E-state index >= 15 is 0 Å². The van der Waals surface area contributed by atoms with Gasteiger partial charge in [0, 0.05) is 32.3 Å². The molecule has 2 N–H and O–H groups in total. The fourth-order valence-electron chi connectivity index (χ4n) is 3.11. The van der Waals surface area contributed by atoms with Crippen molar-refractivity contribution in [2.75, 3.05) is 26.2 Å². The molecule has 0 radical (unpaired) electrons. The number of aliphatic hydroxyl groups excluding tert-OH is 1. The van der Waals surface area contributed by atoms with Crippen LogP contribution in [0.1, 0.15) is 59.3 Å². The molecule has 1 amide bonds. The lowest BCUT2D eigenvalue weighted by molar-refractivity contribution is 0.00799. The topological polar surface area (TPSA) is 61.8 Å². The summed E-state index contributed by atoms with van der Waals surface area (Å²) in [5, 5.41) is 12.8. The zero-order chi connectivity index (χ0) is 16.2. The fourth-order valence-corrected chi connectivity index (χ4v) is 3.11. The number of rotatable bonds is 6. The third-order valence-electron chi connectivity index (χ3n) is 4.68. The van der Waals surface area contributed by atoms with E-state index in [0.29, 0.717) is 6.04 Å². The highest BCUT2D eigenvalue weighted by molar-refractivity contribution is 5.68. The van der Waals surface area contributed by atoms with Crippen LogP contribution in [0, 0.1) is 5.41 Å². The number of carbonyl (C=O) groups excluding carboxylic acids is 1. The Morgan fingerprint density at radius 2 is 1.95 bits per heavy atom. The Hall–Kier alpha value is -0.810. The van der Waals surface area contributed by atoms with Crippen LogP contribution < -0.4 is 5.32 Å². The minimum absolute atomic E-state index is 0.196. The zero-order valence-electron chi connectivity index (χ0n) is 14.4. The highest BCUT2D eigenvalue weighted by Crippen LogP contribution is 2.37. The van der Waals surface area contributed by atoms with Crippen molar-refractivity contribution in [3.63, 3.8) is 0 Å². The van der Waals surface area contributed by atoms with Crippen LogP contribution in [0.5, 0.6) is 0 Å². The molecule has 1 aliphatic carbocycles. The average molecular weight is 312 g/mol. The standard InChI is InChI=1S/C17H32N2O3/c1-16(2,3)22-15(21)19-10-8-17(9-11-19,7-4-12-20)13-18-14-5-6-14/h14,18,20H,4-13H2,1-3H3. The summed E-state index contributed by atoms with van der Waals surface area (Å²) in [6.45, 7) is 8.49. The minimum Gasteiger partial charge on any atom is -0.444 e. The first-order chi connectivity index (χ1) is 10.3. The monoisotopic (exact) mass is 312 g/mol. The SMILES string of the molecule is CC(C)(C)OC(=O)N1CCC(CCCO)(CNC2CC2)CC1. The van der Waals surface area contributed by atoms with Gasteiger partial charge in [-0.25, -0.2) is 4.79 Å². The van der Waals surface area contributed by atoms with E-state index in [0.717, 1.165) is 45.3 Å². The summed E-state index contributed by atoms with van der Waals surface area (Å²) in [5.74, 6) is 0. The molecule has 0 spiro atoms. The normalized spacial score (nSPS) is 21.7. The van der Waals surface area contributed by atoms with Gasteiger partial charge >= 0.3 is 6.09 Å². The maximum absolute atomic E-state index is 12.2. The summed E-state index contributed by atoms with van der Waals surface area (Å²) in [5.41, 5.74) is -0.208. The van der Waals surface area contributed by atoms with Crippen molar-refractivity contribution in [2.45, 2.75) is 70.9 Å². The van der Waals surface area contributed by atoms with E-state index in [-0.39, 0.29) is 18.1 Å². The molecule has 128 valence electrons. The molecule has 2 fully saturated rings. The maximum atomic E-state index is 12.2. The van der Waals surface area contributed by atoms with Gasteiger partial charge in [0.25, 0.3) is 0 Å². The molecule has 0 bridgehead atoms. The molecule has 1 heterocycles. The molecular weight excluding hydrogens is 280 g/mol. The Kier molecular flexibility index (Phi) is 5.72. The van der Waals surface area contributed by atoms with Crippen molar-refractivity contribution < 1.29 is 14.6 Å². The van der Waals surface area contributed by atoms with Gasteiger partial charge in [0.05, 0.1) is 0 Å². The molecule has 0 atom stereocenters. The molecule has 2 rings (SSSR count). The minimum atomic E-state index is -0.434. The van der Waals surface area contributed by atoms with Gasteiger partial charge in [-0.05, 0) is 64.7 Å². The van der Waals surface area contributed by atoms with Crippen LogP contribution in [-0.2, 0) is 4.74 Å². The van der Waals surface area contributed by atoms with Crippen LogP contribution in [0.15, 0.2) is 0 Å². The van der Waals surface area contributed by atoms with Crippen molar-refractivity contribution in [3.05, 3.63) is 0 Å². The first kappa shape index (κ1) is 17.5. The number of amides is 1. The molecule has 5 nitrogen and oxygen atoms in total. The summed E-state index contributed by atoms with van der Waals surface area (Å²) < 4.78 is 5.47. The van der Waals surface area contributed by atoms with Crippen LogP contribution in [0.2, 0.25) is 0 Å². The summed E-state index contributed by atoms with van der Waals surface area (Å²) in [6.07, 6.45) is 6.25. The van der Waals surface area contributed by atoms with E-state index in [1.165, 1.54) is 12.8 Å². The Morgan fingerprint density at radius 3 is 2.45 bits per heavy atom. The number of aliphatic hydroxyl groups is 1. The fraction of sp³-hybridized carbons (Fsp3) is 0.941. The maximum Gasteiger partial charge on any atom is 0.410 e. The Bertz CT molecular complexity index is 367. The first-order valence-corrected chi connectivity index (χ1v) is 8.66. The third-order valence-corrected chi connectivity index (χ3v) is 4.68. The van der Waals surface area contributed by atoms with Crippen molar-refractivity contribution in [2.24, 2.45) is 5.41 Å². The molecule has 1 saturated heterocycles. The van der Waals surface area contributed by atoms with Gasteiger partial charge in [0.2, 0.25) is 0 Å². The lowest BCUT2D eigenvalue weighted by Gasteiger charge is -2.42. The van der Waals surface area contributed by atoms with E-state index in [1.54, 1.807) is 0 Å². The molecule has 22 heavy (non-hydrogen) atoms. The second kappa shape index (κ2) is 7.18. The van der Waals surface area contributed by atoms with Crippen LogP contribution in [-0.4, -0.2) is 54.0 Å². The van der Waals surface area contributed by atoms with E-state index in [9.17, 15) is 4.79 Å².